The molecule has 5 aliphatic carbocycles. The number of aliphatic hydroxyl groups is 1. The van der Waals surface area contributed by atoms with Gasteiger partial charge in [-0.25, -0.2) is 4.79 Å². The number of carbonyl (C=O) groups is 3. The van der Waals surface area contributed by atoms with E-state index in [0.717, 1.165) is 44.1 Å². The Balaban J connectivity index is 1.06. The van der Waals surface area contributed by atoms with Gasteiger partial charge in [-0.2, -0.15) is 0 Å². The number of aliphatic hydroxyl groups excluding tert-OH is 1. The summed E-state index contributed by atoms with van der Waals surface area (Å²) < 4.78 is 0. The minimum Gasteiger partial charge on any atom is -0.507 e. The largest absolute Gasteiger partial charge is 0.507 e. The van der Waals surface area contributed by atoms with Crippen molar-refractivity contribution >= 4 is 17.8 Å². The molecule has 10 unspecified atom stereocenters. The Kier molecular flexibility index (Phi) is 9.65. The second-order valence-electron chi connectivity index (χ2n) is 18.8. The van der Waals surface area contributed by atoms with Crippen molar-refractivity contribution in [2.45, 2.75) is 118 Å². The SMILES string of the molecule is C=C(C)C1CCC2(C(=O)NCc3cccc(C(=O)NCc4ccc(O)c(C(=O)O)c4)c3)CCC3C(CCC4C3(C)CCC3C(C)(C)C(O)CCC34C)C12. The van der Waals surface area contributed by atoms with Gasteiger partial charge in [-0.15, -0.1) is 0 Å². The number of allylic oxidation sites excluding steroid dienone is 1. The first kappa shape index (κ1) is 37.7. The Hall–Kier alpha value is -3.65. The lowest BCUT2D eigenvalue weighted by atomic mass is 9.36. The number of aromatic carboxylic acids is 1. The van der Waals surface area contributed by atoms with E-state index >= 15 is 0 Å². The van der Waals surface area contributed by atoms with Gasteiger partial charge in [0.05, 0.1) is 11.5 Å². The first-order valence-corrected chi connectivity index (χ1v) is 20.1. The predicted molar refractivity (Wildman–Crippen MR) is 205 cm³/mol. The number of hydrogen-bond acceptors (Lipinski definition) is 5. The Morgan fingerprint density at radius 3 is 2.25 bits per heavy atom. The smallest absolute Gasteiger partial charge is 0.339 e. The molecule has 8 nitrogen and oxygen atoms in total. The number of rotatable bonds is 8. The fourth-order valence-electron chi connectivity index (χ4n) is 13.5. The Bertz CT molecular complexity index is 1800. The monoisotopic (exact) mass is 724 g/mol. The van der Waals surface area contributed by atoms with Crippen LogP contribution in [0.3, 0.4) is 0 Å². The third-order valence-electron chi connectivity index (χ3n) is 16.0. The van der Waals surface area contributed by atoms with Gasteiger partial charge < -0.3 is 26.0 Å². The first-order chi connectivity index (χ1) is 25.0. The standard InChI is InChI=1S/C45H60N2O6/c1-26(2)30-14-20-45(41(53)47-25-27-8-7-9-29(22-27)39(50)46-24-28-10-12-34(48)32(23-28)40(51)52)21-15-33-31(38(30)45)11-13-36-43(33,5)18-16-35-42(3,4)37(49)17-19-44(35,36)6/h7-10,12,22-23,30-31,33,35-38,48-49H,1,11,13-21,24-25H2,2-6H3,(H,46,50)(H,47,53)(H,51,52). The van der Waals surface area contributed by atoms with Crippen LogP contribution in [0.15, 0.2) is 54.6 Å². The molecule has 0 radical (unpaired) electrons. The molecule has 2 aromatic carbocycles. The Morgan fingerprint density at radius 1 is 0.811 bits per heavy atom. The zero-order valence-electron chi connectivity index (χ0n) is 32.3. The Labute approximate surface area is 315 Å². The molecule has 2 aromatic rings. The number of fused-ring (bicyclic) bond motifs is 7. The fraction of sp³-hybridized carbons (Fsp3) is 0.622. The van der Waals surface area contributed by atoms with E-state index in [1.807, 2.05) is 12.1 Å². The van der Waals surface area contributed by atoms with E-state index < -0.39 is 11.4 Å². The summed E-state index contributed by atoms with van der Waals surface area (Å²) in [6, 6.07) is 11.5. The molecule has 53 heavy (non-hydrogen) atoms. The number of phenols is 1. The van der Waals surface area contributed by atoms with E-state index in [1.54, 1.807) is 18.2 Å². The van der Waals surface area contributed by atoms with Gasteiger partial charge in [-0.1, -0.05) is 58.0 Å². The highest BCUT2D eigenvalue weighted by Crippen LogP contribution is 2.73. The maximum Gasteiger partial charge on any atom is 0.339 e. The second kappa shape index (κ2) is 13.6. The van der Waals surface area contributed by atoms with Crippen LogP contribution in [0.1, 0.15) is 131 Å². The average Bonchev–Trinajstić information content (AvgIpc) is 3.54. The van der Waals surface area contributed by atoms with Gasteiger partial charge in [-0.3, -0.25) is 9.59 Å². The topological polar surface area (TPSA) is 136 Å². The summed E-state index contributed by atoms with van der Waals surface area (Å²) in [5.74, 6) is 1.17. The quantitative estimate of drug-likeness (QED) is 0.174. The van der Waals surface area contributed by atoms with Crippen molar-refractivity contribution in [2.24, 2.45) is 57.2 Å². The van der Waals surface area contributed by atoms with Crippen molar-refractivity contribution in [3.63, 3.8) is 0 Å². The van der Waals surface area contributed by atoms with E-state index in [-0.39, 0.29) is 57.9 Å². The van der Waals surface area contributed by atoms with Crippen molar-refractivity contribution < 1.29 is 29.7 Å². The summed E-state index contributed by atoms with van der Waals surface area (Å²) in [5, 5.41) is 36.4. The normalized spacial score (nSPS) is 36.9. The van der Waals surface area contributed by atoms with E-state index in [4.69, 9.17) is 0 Å². The molecule has 0 bridgehead atoms. The maximum atomic E-state index is 14.6. The van der Waals surface area contributed by atoms with Gasteiger partial charge in [0.15, 0.2) is 0 Å². The van der Waals surface area contributed by atoms with Crippen LogP contribution in [0.5, 0.6) is 5.75 Å². The van der Waals surface area contributed by atoms with Crippen LogP contribution in [0.2, 0.25) is 0 Å². The van der Waals surface area contributed by atoms with Gasteiger partial charge >= 0.3 is 5.97 Å². The van der Waals surface area contributed by atoms with E-state index in [9.17, 15) is 29.7 Å². The minimum atomic E-state index is -1.24. The summed E-state index contributed by atoms with van der Waals surface area (Å²) in [6.45, 7) is 16.9. The molecule has 0 saturated heterocycles. The van der Waals surface area contributed by atoms with Crippen LogP contribution >= 0.6 is 0 Å². The van der Waals surface area contributed by atoms with Crippen LogP contribution in [0, 0.1) is 57.2 Å². The molecule has 5 fully saturated rings. The highest BCUT2D eigenvalue weighted by molar-refractivity contribution is 5.94. The molecule has 5 N–H and O–H groups in total. The molecule has 2 amide bonds. The molecular formula is C45H60N2O6. The Morgan fingerprint density at radius 2 is 1.51 bits per heavy atom. The number of carboxylic acid groups (broad SMARTS) is 1. The zero-order chi connectivity index (χ0) is 38.1. The second-order valence-corrected chi connectivity index (χ2v) is 18.8. The number of benzene rings is 2. The zero-order valence-corrected chi connectivity index (χ0v) is 32.3. The molecule has 0 spiro atoms. The predicted octanol–water partition coefficient (Wildman–Crippen LogP) is 8.27. The van der Waals surface area contributed by atoms with Crippen molar-refractivity contribution in [3.8, 4) is 5.75 Å². The van der Waals surface area contributed by atoms with Crippen LogP contribution < -0.4 is 10.6 Å². The molecule has 0 aromatic heterocycles. The van der Waals surface area contributed by atoms with Gasteiger partial charge in [0, 0.05) is 18.7 Å². The molecule has 7 rings (SSSR count). The van der Waals surface area contributed by atoms with Crippen molar-refractivity contribution in [1.82, 2.24) is 10.6 Å². The van der Waals surface area contributed by atoms with Gasteiger partial charge in [0.25, 0.3) is 5.91 Å². The van der Waals surface area contributed by atoms with Crippen LogP contribution in [-0.2, 0) is 17.9 Å². The number of aromatic hydroxyl groups is 1. The molecule has 0 aliphatic heterocycles. The summed E-state index contributed by atoms with van der Waals surface area (Å²) in [6.07, 6.45) is 10.4. The third kappa shape index (κ3) is 6.11. The fourth-order valence-corrected chi connectivity index (χ4v) is 13.5. The summed E-state index contributed by atoms with van der Waals surface area (Å²) >= 11 is 0. The van der Waals surface area contributed by atoms with Crippen molar-refractivity contribution in [3.05, 3.63) is 76.9 Å². The highest BCUT2D eigenvalue weighted by Gasteiger charge is 2.68. The molecule has 10 atom stereocenters. The van der Waals surface area contributed by atoms with Gasteiger partial charge in [0.1, 0.15) is 11.3 Å². The number of carbonyl (C=O) groups excluding carboxylic acids is 2. The lowest BCUT2D eigenvalue weighted by Crippen LogP contribution is -2.64. The van der Waals surface area contributed by atoms with Crippen LogP contribution in [0.25, 0.3) is 0 Å². The molecule has 5 saturated carbocycles. The number of nitrogens with one attached hydrogen (secondary N) is 2. The van der Waals surface area contributed by atoms with E-state index in [2.05, 4.69) is 51.8 Å². The highest BCUT2D eigenvalue weighted by atomic mass is 16.4. The minimum absolute atomic E-state index is 0.0630. The van der Waals surface area contributed by atoms with Crippen LogP contribution in [0.4, 0.5) is 0 Å². The van der Waals surface area contributed by atoms with Gasteiger partial charge in [0.2, 0.25) is 5.91 Å². The lowest BCUT2D eigenvalue weighted by molar-refractivity contribution is -0.216. The molecule has 5 aliphatic rings. The molecule has 8 heteroatoms. The summed E-state index contributed by atoms with van der Waals surface area (Å²) in [4.78, 5) is 39.1. The maximum absolute atomic E-state index is 14.6. The summed E-state index contributed by atoms with van der Waals surface area (Å²) in [5.41, 5.74) is 2.85. The molecular weight excluding hydrogens is 665 g/mol. The summed E-state index contributed by atoms with van der Waals surface area (Å²) in [7, 11) is 0. The van der Waals surface area contributed by atoms with Crippen molar-refractivity contribution in [1.29, 1.82) is 0 Å². The average molecular weight is 725 g/mol. The number of hydrogen-bond donors (Lipinski definition) is 5. The third-order valence-corrected chi connectivity index (χ3v) is 16.0. The lowest BCUT2D eigenvalue weighted by Gasteiger charge is -2.69. The van der Waals surface area contributed by atoms with Crippen molar-refractivity contribution in [2.75, 3.05) is 0 Å². The number of amides is 2. The van der Waals surface area contributed by atoms with E-state index in [1.165, 1.54) is 43.4 Å². The number of carboxylic acids is 1. The first-order valence-electron chi connectivity index (χ1n) is 20.1. The molecule has 0 heterocycles. The molecule has 286 valence electrons. The van der Waals surface area contributed by atoms with E-state index in [0.29, 0.717) is 47.3 Å². The van der Waals surface area contributed by atoms with Gasteiger partial charge in [-0.05, 0) is 158 Å². The van der Waals surface area contributed by atoms with Crippen LogP contribution in [-0.4, -0.2) is 39.2 Å².